The lowest BCUT2D eigenvalue weighted by atomic mass is 10.1. The predicted molar refractivity (Wildman–Crippen MR) is 67.6 cm³/mol. The first kappa shape index (κ1) is 16.4. The van der Waals surface area contributed by atoms with Gasteiger partial charge in [-0.2, -0.15) is 0 Å². The highest BCUT2D eigenvalue weighted by atomic mass is 32.2. The van der Waals surface area contributed by atoms with E-state index in [2.05, 4.69) is 10.1 Å². The van der Waals surface area contributed by atoms with Gasteiger partial charge in [-0.05, 0) is 12.8 Å². The number of carboxylic acid groups (broad SMARTS) is 1. The molecular weight excluding hydrogens is 290 g/mol. The third-order valence-electron chi connectivity index (χ3n) is 3.08. The second kappa shape index (κ2) is 6.69. The smallest absolute Gasteiger partial charge is 0.326 e. The zero-order valence-corrected chi connectivity index (χ0v) is 11.8. The molecule has 1 amide bonds. The summed E-state index contributed by atoms with van der Waals surface area (Å²) in [6.45, 7) is 0. The lowest BCUT2D eigenvalue weighted by Crippen LogP contribution is -2.44. The molecule has 1 saturated heterocycles. The van der Waals surface area contributed by atoms with E-state index in [1.54, 1.807) is 0 Å². The number of nitrogens with one attached hydrogen (secondary N) is 1. The molecule has 20 heavy (non-hydrogen) atoms. The van der Waals surface area contributed by atoms with Crippen LogP contribution in [0.15, 0.2) is 0 Å². The monoisotopic (exact) mass is 307 g/mol. The maximum Gasteiger partial charge on any atom is 0.326 e. The van der Waals surface area contributed by atoms with Gasteiger partial charge < -0.3 is 15.2 Å². The van der Waals surface area contributed by atoms with Crippen LogP contribution >= 0.6 is 0 Å². The van der Waals surface area contributed by atoms with Crippen molar-refractivity contribution in [3.63, 3.8) is 0 Å². The summed E-state index contributed by atoms with van der Waals surface area (Å²) in [5, 5.41) is 11.2. The summed E-state index contributed by atoms with van der Waals surface area (Å²) < 4.78 is 26.9. The van der Waals surface area contributed by atoms with Crippen LogP contribution < -0.4 is 5.32 Å². The summed E-state index contributed by atoms with van der Waals surface area (Å²) in [6.07, 6.45) is -0.0541. The van der Waals surface area contributed by atoms with Gasteiger partial charge in [-0.3, -0.25) is 9.59 Å². The van der Waals surface area contributed by atoms with Crippen molar-refractivity contribution in [3.8, 4) is 0 Å². The highest BCUT2D eigenvalue weighted by Crippen LogP contribution is 2.18. The summed E-state index contributed by atoms with van der Waals surface area (Å²) >= 11 is 0. The molecule has 0 bridgehead atoms. The van der Waals surface area contributed by atoms with Crippen LogP contribution in [0.5, 0.6) is 0 Å². The molecular formula is C11H17NO7S. The normalized spacial score (nSPS) is 21.9. The number of esters is 1. The molecule has 0 aliphatic carbocycles. The van der Waals surface area contributed by atoms with Gasteiger partial charge in [0.05, 0.1) is 24.5 Å². The van der Waals surface area contributed by atoms with E-state index >= 15 is 0 Å². The van der Waals surface area contributed by atoms with Crippen LogP contribution in [0.4, 0.5) is 0 Å². The van der Waals surface area contributed by atoms with Crippen molar-refractivity contribution < 1.29 is 32.6 Å². The largest absolute Gasteiger partial charge is 0.480 e. The molecule has 1 fully saturated rings. The third kappa shape index (κ3) is 4.80. The molecule has 0 aromatic rings. The summed E-state index contributed by atoms with van der Waals surface area (Å²) in [7, 11) is -2.03. The number of sulfone groups is 1. The van der Waals surface area contributed by atoms with Gasteiger partial charge in [0.25, 0.3) is 0 Å². The molecule has 0 aromatic carbocycles. The van der Waals surface area contributed by atoms with Gasteiger partial charge in [0.2, 0.25) is 5.91 Å². The van der Waals surface area contributed by atoms with E-state index in [-0.39, 0.29) is 30.8 Å². The Bertz CT molecular complexity index is 499. The minimum Gasteiger partial charge on any atom is -0.480 e. The second-order valence-corrected chi connectivity index (χ2v) is 6.84. The molecule has 114 valence electrons. The van der Waals surface area contributed by atoms with Crippen molar-refractivity contribution in [2.75, 3.05) is 18.6 Å². The maximum absolute atomic E-state index is 11.8. The predicted octanol–water partition coefficient (Wildman–Crippen LogP) is -1.06. The van der Waals surface area contributed by atoms with Crippen molar-refractivity contribution in [2.45, 2.75) is 25.3 Å². The summed E-state index contributed by atoms with van der Waals surface area (Å²) in [6, 6.07) is -1.23. The zero-order chi connectivity index (χ0) is 15.3. The first-order chi connectivity index (χ1) is 9.25. The first-order valence-electron chi connectivity index (χ1n) is 6.05. The quantitative estimate of drug-likeness (QED) is 0.599. The number of carbonyl (C=O) groups excluding carboxylic acids is 2. The highest BCUT2D eigenvalue weighted by molar-refractivity contribution is 7.91. The fourth-order valence-electron chi connectivity index (χ4n) is 1.91. The molecule has 1 unspecified atom stereocenters. The Morgan fingerprint density at radius 1 is 1.40 bits per heavy atom. The Morgan fingerprint density at radius 2 is 2.05 bits per heavy atom. The van der Waals surface area contributed by atoms with Crippen molar-refractivity contribution in [3.05, 3.63) is 0 Å². The van der Waals surface area contributed by atoms with E-state index < -0.39 is 39.6 Å². The van der Waals surface area contributed by atoms with Crippen molar-refractivity contribution >= 4 is 27.7 Å². The third-order valence-corrected chi connectivity index (χ3v) is 4.85. The molecule has 0 radical (unpaired) electrons. The molecule has 1 aliphatic rings. The van der Waals surface area contributed by atoms with Crippen molar-refractivity contribution in [2.24, 2.45) is 5.92 Å². The molecule has 2 atom stereocenters. The average molecular weight is 307 g/mol. The molecule has 2 N–H and O–H groups in total. The fraction of sp³-hybridized carbons (Fsp3) is 0.727. The molecule has 1 heterocycles. The number of aliphatic carboxylic acids is 1. The van der Waals surface area contributed by atoms with Crippen molar-refractivity contribution in [1.82, 2.24) is 5.32 Å². The average Bonchev–Trinajstić information content (AvgIpc) is 2.73. The molecule has 8 nitrogen and oxygen atoms in total. The van der Waals surface area contributed by atoms with Gasteiger partial charge in [0.1, 0.15) is 6.04 Å². The van der Waals surface area contributed by atoms with E-state index in [0.29, 0.717) is 0 Å². The molecule has 0 aromatic heterocycles. The van der Waals surface area contributed by atoms with Crippen LogP contribution in [-0.4, -0.2) is 56.0 Å². The summed E-state index contributed by atoms with van der Waals surface area (Å²) in [5.74, 6) is -3.51. The lowest BCUT2D eigenvalue weighted by molar-refractivity contribution is -0.144. The molecule has 1 aliphatic heterocycles. The Morgan fingerprint density at radius 3 is 2.50 bits per heavy atom. The van der Waals surface area contributed by atoms with Gasteiger partial charge in [-0.1, -0.05) is 0 Å². The molecule has 0 saturated carbocycles. The van der Waals surface area contributed by atoms with Crippen LogP contribution in [0, 0.1) is 5.92 Å². The maximum atomic E-state index is 11.8. The minimum absolute atomic E-state index is 0.0645. The molecule has 0 spiro atoms. The highest BCUT2D eigenvalue weighted by Gasteiger charge is 2.34. The van der Waals surface area contributed by atoms with E-state index in [9.17, 15) is 22.8 Å². The van der Waals surface area contributed by atoms with E-state index in [1.807, 2.05) is 0 Å². The van der Waals surface area contributed by atoms with Gasteiger partial charge in [-0.25, -0.2) is 13.2 Å². The number of methoxy groups -OCH3 is 1. The standard InChI is InChI=1S/C11H17NO7S/c1-19-9(13)3-2-8(11(15)16)12-10(14)7-4-5-20(17,18)6-7/h7-8H,2-6H2,1H3,(H,12,14)(H,15,16)/t7?,8-/m0/s1. The number of hydrogen-bond acceptors (Lipinski definition) is 6. The van der Waals surface area contributed by atoms with E-state index in [1.165, 1.54) is 7.11 Å². The number of ether oxygens (including phenoxy) is 1. The Hall–Kier alpha value is -1.64. The topological polar surface area (TPSA) is 127 Å². The van der Waals surface area contributed by atoms with E-state index in [0.717, 1.165) is 0 Å². The lowest BCUT2D eigenvalue weighted by Gasteiger charge is -2.16. The molecule has 1 rings (SSSR count). The number of hydrogen-bond donors (Lipinski definition) is 2. The van der Waals surface area contributed by atoms with Gasteiger partial charge in [-0.15, -0.1) is 0 Å². The second-order valence-electron chi connectivity index (χ2n) is 4.61. The fourth-order valence-corrected chi connectivity index (χ4v) is 3.65. The van der Waals surface area contributed by atoms with Crippen LogP contribution in [0.25, 0.3) is 0 Å². The van der Waals surface area contributed by atoms with Crippen LogP contribution in [0.1, 0.15) is 19.3 Å². The Labute approximate surface area is 116 Å². The molecule has 9 heteroatoms. The first-order valence-corrected chi connectivity index (χ1v) is 7.87. The minimum atomic E-state index is -3.21. The number of amides is 1. The Kier molecular flexibility index (Phi) is 5.49. The van der Waals surface area contributed by atoms with Gasteiger partial charge in [0, 0.05) is 6.42 Å². The zero-order valence-electron chi connectivity index (χ0n) is 11.0. The number of rotatable bonds is 6. The van der Waals surface area contributed by atoms with Crippen LogP contribution in [0.2, 0.25) is 0 Å². The van der Waals surface area contributed by atoms with E-state index in [4.69, 9.17) is 5.11 Å². The van der Waals surface area contributed by atoms with Crippen LogP contribution in [-0.2, 0) is 29.0 Å². The Balaban J connectivity index is 2.55. The van der Waals surface area contributed by atoms with Gasteiger partial charge >= 0.3 is 11.9 Å². The van der Waals surface area contributed by atoms with Gasteiger partial charge in [0.15, 0.2) is 9.84 Å². The van der Waals surface area contributed by atoms with Crippen LogP contribution in [0.3, 0.4) is 0 Å². The summed E-state index contributed by atoms with van der Waals surface area (Å²) in [4.78, 5) is 33.8. The SMILES string of the molecule is COC(=O)CC[C@H](NC(=O)C1CCS(=O)(=O)C1)C(=O)O. The number of carboxylic acids is 1. The number of carbonyl (C=O) groups is 3. The van der Waals surface area contributed by atoms with Crippen molar-refractivity contribution in [1.29, 1.82) is 0 Å². The summed E-state index contributed by atoms with van der Waals surface area (Å²) in [5.41, 5.74) is 0.